The number of halogens is 1. The number of hydrogen-bond donors (Lipinski definition) is 2. The van der Waals surface area contributed by atoms with Gasteiger partial charge in [-0.15, -0.1) is 0 Å². The van der Waals surface area contributed by atoms with E-state index < -0.39 is 10.0 Å². The Bertz CT molecular complexity index is 692. The number of nitrogens with zero attached hydrogens (tertiary/aromatic N) is 2. The quantitative estimate of drug-likeness (QED) is 0.883. The number of hydrogen-bond acceptors (Lipinski definition) is 5. The fourth-order valence-electron chi connectivity index (χ4n) is 1.52. The molecule has 1 aromatic carbocycles. The van der Waals surface area contributed by atoms with Crippen LogP contribution in [0.4, 0.5) is 11.4 Å². The predicted molar refractivity (Wildman–Crippen MR) is 79.3 cm³/mol. The maximum Gasteiger partial charge on any atom is 0.229 e. The van der Waals surface area contributed by atoms with Crippen molar-refractivity contribution in [2.75, 3.05) is 16.3 Å². The lowest BCUT2D eigenvalue weighted by Gasteiger charge is -2.10. The lowest BCUT2D eigenvalue weighted by Crippen LogP contribution is -2.10. The average molecular weight is 313 g/mol. The Morgan fingerprint density at radius 2 is 2.10 bits per heavy atom. The first-order chi connectivity index (χ1) is 9.44. The van der Waals surface area contributed by atoms with Crippen LogP contribution in [0.1, 0.15) is 5.69 Å². The van der Waals surface area contributed by atoms with Crippen LogP contribution in [-0.4, -0.2) is 24.6 Å². The highest BCUT2D eigenvalue weighted by atomic mass is 35.5. The monoisotopic (exact) mass is 312 g/mol. The largest absolute Gasteiger partial charge is 0.379 e. The summed E-state index contributed by atoms with van der Waals surface area (Å²) in [6, 6.07) is 6.79. The van der Waals surface area contributed by atoms with Crippen LogP contribution in [0.25, 0.3) is 0 Å². The van der Waals surface area contributed by atoms with Crippen LogP contribution in [0.5, 0.6) is 0 Å². The summed E-state index contributed by atoms with van der Waals surface area (Å²) in [5.74, 6) is 0. The Morgan fingerprint density at radius 1 is 1.30 bits per heavy atom. The van der Waals surface area contributed by atoms with Gasteiger partial charge in [0.1, 0.15) is 6.33 Å². The zero-order valence-corrected chi connectivity index (χ0v) is 12.2. The number of aromatic nitrogens is 2. The Hall–Kier alpha value is -1.86. The molecule has 106 valence electrons. The Balaban J connectivity index is 2.06. The highest BCUT2D eigenvalue weighted by Gasteiger charge is 2.07. The molecule has 0 spiro atoms. The number of anilines is 2. The smallest absolute Gasteiger partial charge is 0.229 e. The highest BCUT2D eigenvalue weighted by Crippen LogP contribution is 2.26. The van der Waals surface area contributed by atoms with Crippen LogP contribution in [0.3, 0.4) is 0 Å². The SMILES string of the molecule is CS(=O)(=O)Nc1ccc(NCc2ccncn2)cc1Cl. The van der Waals surface area contributed by atoms with E-state index >= 15 is 0 Å². The molecular weight excluding hydrogens is 300 g/mol. The summed E-state index contributed by atoms with van der Waals surface area (Å²) in [5, 5.41) is 3.46. The van der Waals surface area contributed by atoms with Crippen LogP contribution in [0.2, 0.25) is 5.02 Å². The molecule has 0 fully saturated rings. The fraction of sp³-hybridized carbons (Fsp3) is 0.167. The molecule has 2 rings (SSSR count). The molecule has 8 heteroatoms. The van der Waals surface area contributed by atoms with Gasteiger partial charge in [-0.1, -0.05) is 11.6 Å². The fourth-order valence-corrected chi connectivity index (χ4v) is 2.38. The number of sulfonamides is 1. The van der Waals surface area contributed by atoms with Crippen molar-refractivity contribution in [1.82, 2.24) is 9.97 Å². The van der Waals surface area contributed by atoms with E-state index in [1.165, 1.54) is 6.33 Å². The molecule has 0 aliphatic carbocycles. The first-order valence-corrected chi connectivity index (χ1v) is 7.97. The van der Waals surface area contributed by atoms with Crippen molar-refractivity contribution in [3.8, 4) is 0 Å². The van der Waals surface area contributed by atoms with Crippen molar-refractivity contribution < 1.29 is 8.42 Å². The van der Waals surface area contributed by atoms with E-state index in [1.807, 2.05) is 0 Å². The zero-order chi connectivity index (χ0) is 14.6. The summed E-state index contributed by atoms with van der Waals surface area (Å²) in [6.45, 7) is 0.525. The first kappa shape index (κ1) is 14.5. The van der Waals surface area contributed by atoms with E-state index in [4.69, 9.17) is 11.6 Å². The third kappa shape index (κ3) is 4.36. The molecule has 0 bridgehead atoms. The molecule has 1 aromatic heterocycles. The molecule has 6 nitrogen and oxygen atoms in total. The minimum atomic E-state index is -3.34. The van der Waals surface area contributed by atoms with Gasteiger partial charge in [-0.05, 0) is 24.3 Å². The maximum atomic E-state index is 11.1. The highest BCUT2D eigenvalue weighted by molar-refractivity contribution is 7.92. The molecular formula is C12H13ClN4O2S. The molecule has 0 aliphatic rings. The third-order valence-electron chi connectivity index (χ3n) is 2.38. The van der Waals surface area contributed by atoms with Crippen molar-refractivity contribution in [3.63, 3.8) is 0 Å². The van der Waals surface area contributed by atoms with Gasteiger partial charge in [-0.2, -0.15) is 0 Å². The van der Waals surface area contributed by atoms with E-state index in [9.17, 15) is 8.42 Å². The van der Waals surface area contributed by atoms with Gasteiger partial charge in [-0.3, -0.25) is 4.72 Å². The van der Waals surface area contributed by atoms with Gasteiger partial charge in [0.25, 0.3) is 0 Å². The summed E-state index contributed by atoms with van der Waals surface area (Å²) in [4.78, 5) is 7.92. The van der Waals surface area contributed by atoms with E-state index in [-0.39, 0.29) is 0 Å². The van der Waals surface area contributed by atoms with Gasteiger partial charge in [-0.25, -0.2) is 18.4 Å². The lowest BCUT2D eigenvalue weighted by molar-refractivity contribution is 0.607. The van der Waals surface area contributed by atoms with Crippen molar-refractivity contribution >= 4 is 33.0 Å². The van der Waals surface area contributed by atoms with Crippen LogP contribution in [0.15, 0.2) is 36.8 Å². The van der Waals surface area contributed by atoms with E-state index in [1.54, 1.807) is 30.5 Å². The van der Waals surface area contributed by atoms with Crippen molar-refractivity contribution in [2.45, 2.75) is 6.54 Å². The van der Waals surface area contributed by atoms with Crippen LogP contribution >= 0.6 is 11.6 Å². The van der Waals surface area contributed by atoms with Gasteiger partial charge in [0.05, 0.1) is 29.2 Å². The van der Waals surface area contributed by atoms with Gasteiger partial charge in [0.15, 0.2) is 0 Å². The number of rotatable bonds is 5. The molecule has 0 unspecified atom stereocenters. The van der Waals surface area contributed by atoms with Gasteiger partial charge < -0.3 is 5.32 Å². The maximum absolute atomic E-state index is 11.1. The van der Waals surface area contributed by atoms with E-state index in [2.05, 4.69) is 20.0 Å². The first-order valence-electron chi connectivity index (χ1n) is 5.70. The molecule has 0 saturated heterocycles. The average Bonchev–Trinajstić information content (AvgIpc) is 2.39. The second-order valence-corrected chi connectivity index (χ2v) is 6.28. The molecule has 0 radical (unpaired) electrons. The Labute approximate surface area is 122 Å². The second kappa shape index (κ2) is 6.06. The summed E-state index contributed by atoms with van der Waals surface area (Å²) in [6.07, 6.45) is 4.21. The summed E-state index contributed by atoms with van der Waals surface area (Å²) in [5.41, 5.74) is 1.96. The molecule has 0 saturated carbocycles. The number of nitrogens with one attached hydrogen (secondary N) is 2. The summed E-state index contributed by atoms with van der Waals surface area (Å²) < 4.78 is 24.6. The van der Waals surface area contributed by atoms with Crippen molar-refractivity contribution in [2.24, 2.45) is 0 Å². The topological polar surface area (TPSA) is 84.0 Å². The van der Waals surface area contributed by atoms with Crippen LogP contribution in [0, 0.1) is 0 Å². The van der Waals surface area contributed by atoms with Gasteiger partial charge in [0, 0.05) is 11.9 Å². The Morgan fingerprint density at radius 3 is 2.70 bits per heavy atom. The van der Waals surface area contributed by atoms with Crippen LogP contribution in [-0.2, 0) is 16.6 Å². The lowest BCUT2D eigenvalue weighted by atomic mass is 10.3. The number of benzene rings is 1. The normalized spacial score (nSPS) is 11.1. The van der Waals surface area contributed by atoms with Crippen molar-refractivity contribution in [3.05, 3.63) is 47.5 Å². The minimum absolute atomic E-state index is 0.322. The molecule has 0 aliphatic heterocycles. The van der Waals surface area contributed by atoms with Gasteiger partial charge in [0.2, 0.25) is 10.0 Å². The summed E-state index contributed by atoms with van der Waals surface area (Å²) in [7, 11) is -3.34. The predicted octanol–water partition coefficient (Wildman–Crippen LogP) is 2.11. The molecule has 2 N–H and O–H groups in total. The molecule has 0 atom stereocenters. The van der Waals surface area contributed by atoms with Gasteiger partial charge >= 0.3 is 0 Å². The molecule has 0 amide bonds. The third-order valence-corrected chi connectivity index (χ3v) is 3.28. The zero-order valence-electron chi connectivity index (χ0n) is 10.7. The molecule has 1 heterocycles. The molecule has 20 heavy (non-hydrogen) atoms. The van der Waals surface area contributed by atoms with Crippen molar-refractivity contribution in [1.29, 1.82) is 0 Å². The summed E-state index contributed by atoms with van der Waals surface area (Å²) >= 11 is 6.02. The molecule has 2 aromatic rings. The van der Waals surface area contributed by atoms with E-state index in [0.717, 1.165) is 17.6 Å². The second-order valence-electron chi connectivity index (χ2n) is 4.12. The standard InChI is InChI=1S/C12H13ClN4O2S/c1-20(18,19)17-12-3-2-9(6-11(12)13)15-7-10-4-5-14-8-16-10/h2-6,8,15,17H,7H2,1H3. The van der Waals surface area contributed by atoms with Crippen LogP contribution < -0.4 is 10.0 Å². The Kier molecular flexibility index (Phi) is 4.41. The van der Waals surface area contributed by atoms with E-state index in [0.29, 0.717) is 17.3 Å². The minimum Gasteiger partial charge on any atom is -0.379 e.